The Hall–Kier alpha value is -2.68. The third-order valence-electron chi connectivity index (χ3n) is 5.64. The Labute approximate surface area is 165 Å². The molecule has 3 aromatic rings. The van der Waals surface area contributed by atoms with Gasteiger partial charge in [0.1, 0.15) is 11.6 Å². The van der Waals surface area contributed by atoms with Crippen molar-refractivity contribution in [2.24, 2.45) is 0 Å². The minimum atomic E-state index is -0.356. The van der Waals surface area contributed by atoms with E-state index in [2.05, 4.69) is 19.6 Å². The number of aromatic nitrogens is 5. The number of halogens is 1. The molecule has 0 radical (unpaired) electrons. The highest BCUT2D eigenvalue weighted by molar-refractivity contribution is 7.09. The Kier molecular flexibility index (Phi) is 4.19. The van der Waals surface area contributed by atoms with Crippen molar-refractivity contribution in [1.29, 1.82) is 0 Å². The zero-order chi connectivity index (χ0) is 19.3. The summed E-state index contributed by atoms with van der Waals surface area (Å²) in [6.45, 7) is 3.06. The summed E-state index contributed by atoms with van der Waals surface area (Å²) in [7, 11) is 0. The molecule has 0 N–H and O–H groups in total. The fourth-order valence-electron chi connectivity index (χ4n) is 3.74. The van der Waals surface area contributed by atoms with Crippen LogP contribution in [0.1, 0.15) is 60.2 Å². The molecule has 0 bridgehead atoms. The van der Waals surface area contributed by atoms with Crippen LogP contribution >= 0.6 is 11.5 Å². The lowest BCUT2D eigenvalue weighted by Gasteiger charge is -2.33. The Morgan fingerprint density at radius 2 is 1.96 bits per heavy atom. The molecule has 2 aromatic heterocycles. The molecular formula is C19H19FN6OS. The Bertz CT molecular complexity index is 1030. The van der Waals surface area contributed by atoms with Crippen LogP contribution < -0.4 is 0 Å². The van der Waals surface area contributed by atoms with Gasteiger partial charge in [0.15, 0.2) is 16.7 Å². The van der Waals surface area contributed by atoms with Crippen molar-refractivity contribution in [2.45, 2.75) is 44.7 Å². The molecule has 1 fully saturated rings. The van der Waals surface area contributed by atoms with Gasteiger partial charge in [0.25, 0.3) is 5.91 Å². The summed E-state index contributed by atoms with van der Waals surface area (Å²) in [6.07, 6.45) is 3.56. The highest BCUT2D eigenvalue weighted by Gasteiger charge is 2.33. The van der Waals surface area contributed by atoms with E-state index in [9.17, 15) is 9.18 Å². The van der Waals surface area contributed by atoms with E-state index in [1.165, 1.54) is 42.2 Å². The van der Waals surface area contributed by atoms with Crippen LogP contribution in [0.4, 0.5) is 4.39 Å². The van der Waals surface area contributed by atoms with Crippen LogP contribution in [0.5, 0.6) is 0 Å². The number of hydrogen-bond acceptors (Lipinski definition) is 6. The van der Waals surface area contributed by atoms with E-state index in [1.54, 1.807) is 4.90 Å². The minimum absolute atomic E-state index is 0.133. The summed E-state index contributed by atoms with van der Waals surface area (Å²) in [4.78, 5) is 19.3. The predicted molar refractivity (Wildman–Crippen MR) is 101 cm³/mol. The Morgan fingerprint density at radius 3 is 2.68 bits per heavy atom. The van der Waals surface area contributed by atoms with Gasteiger partial charge in [-0.05, 0) is 55.6 Å². The SMILES string of the molecule is C[C@@H]1c2nnc(-c3nc(C4CCC4)ns3)n2CCN1C(=O)c1ccc(F)cc1. The van der Waals surface area contributed by atoms with Crippen LogP contribution in [0.25, 0.3) is 10.8 Å². The van der Waals surface area contributed by atoms with E-state index in [1.807, 2.05) is 11.5 Å². The molecule has 144 valence electrons. The molecule has 0 spiro atoms. The molecule has 7 nitrogen and oxygen atoms in total. The summed E-state index contributed by atoms with van der Waals surface area (Å²) < 4.78 is 19.7. The quantitative estimate of drug-likeness (QED) is 0.676. The number of hydrogen-bond donors (Lipinski definition) is 0. The number of benzene rings is 1. The first-order valence-corrected chi connectivity index (χ1v) is 10.2. The standard InChI is InChI=1S/C19H19FN6OS/c1-11-16-22-23-17(18-21-15(24-28-18)12-3-2-4-12)26(16)10-9-25(11)19(27)13-5-7-14(20)8-6-13/h5-8,11-12H,2-4,9-10H2,1H3/t11-/m1/s1. The fraction of sp³-hybridized carbons (Fsp3) is 0.421. The molecule has 3 heterocycles. The van der Waals surface area contributed by atoms with Gasteiger partial charge < -0.3 is 9.47 Å². The molecule has 28 heavy (non-hydrogen) atoms. The van der Waals surface area contributed by atoms with Crippen LogP contribution in [0, 0.1) is 5.82 Å². The average molecular weight is 398 g/mol. The van der Waals surface area contributed by atoms with E-state index < -0.39 is 0 Å². The lowest BCUT2D eigenvalue weighted by atomic mass is 9.85. The van der Waals surface area contributed by atoms with Crippen molar-refractivity contribution >= 4 is 17.4 Å². The Morgan fingerprint density at radius 1 is 1.18 bits per heavy atom. The molecular weight excluding hydrogens is 379 g/mol. The van der Waals surface area contributed by atoms with E-state index in [0.717, 1.165) is 35.3 Å². The van der Waals surface area contributed by atoms with Crippen LogP contribution in [0.3, 0.4) is 0 Å². The smallest absolute Gasteiger partial charge is 0.254 e. The molecule has 5 rings (SSSR count). The fourth-order valence-corrected chi connectivity index (χ4v) is 4.47. The first kappa shape index (κ1) is 17.4. The average Bonchev–Trinajstić information content (AvgIpc) is 3.28. The van der Waals surface area contributed by atoms with Crippen LogP contribution in [0.15, 0.2) is 24.3 Å². The summed E-state index contributed by atoms with van der Waals surface area (Å²) in [5.41, 5.74) is 0.468. The van der Waals surface area contributed by atoms with Crippen molar-refractivity contribution in [3.8, 4) is 10.8 Å². The van der Waals surface area contributed by atoms with Crippen molar-refractivity contribution in [2.75, 3.05) is 6.54 Å². The van der Waals surface area contributed by atoms with Gasteiger partial charge in [-0.15, -0.1) is 10.2 Å². The maximum absolute atomic E-state index is 13.2. The van der Waals surface area contributed by atoms with Crippen LogP contribution in [-0.4, -0.2) is 41.5 Å². The molecule has 9 heteroatoms. The molecule has 0 unspecified atom stereocenters. The summed E-state index contributed by atoms with van der Waals surface area (Å²) in [6, 6.07) is 5.40. The number of fused-ring (bicyclic) bond motifs is 1. The number of nitrogens with zero attached hydrogens (tertiary/aromatic N) is 6. The van der Waals surface area contributed by atoms with E-state index in [0.29, 0.717) is 24.6 Å². The maximum Gasteiger partial charge on any atom is 0.254 e. The predicted octanol–water partition coefficient (Wildman–Crippen LogP) is 3.42. The van der Waals surface area contributed by atoms with Gasteiger partial charge in [-0.2, -0.15) is 4.37 Å². The minimum Gasteiger partial charge on any atom is -0.327 e. The second kappa shape index (κ2) is 6.73. The summed E-state index contributed by atoms with van der Waals surface area (Å²) in [5.74, 6) is 2.37. The molecule has 1 atom stereocenters. The van der Waals surface area contributed by atoms with Gasteiger partial charge >= 0.3 is 0 Å². The second-order valence-corrected chi connectivity index (χ2v) is 8.05. The van der Waals surface area contributed by atoms with Crippen molar-refractivity contribution < 1.29 is 9.18 Å². The van der Waals surface area contributed by atoms with Crippen molar-refractivity contribution in [3.63, 3.8) is 0 Å². The second-order valence-electron chi connectivity index (χ2n) is 7.30. The maximum atomic E-state index is 13.2. The molecule has 1 saturated carbocycles. The number of carbonyl (C=O) groups excluding carboxylic acids is 1. The molecule has 1 aliphatic carbocycles. The number of amides is 1. The zero-order valence-electron chi connectivity index (χ0n) is 15.4. The van der Waals surface area contributed by atoms with Crippen molar-refractivity contribution in [3.05, 3.63) is 47.3 Å². The molecule has 1 amide bonds. The van der Waals surface area contributed by atoms with E-state index in [-0.39, 0.29) is 17.8 Å². The highest BCUT2D eigenvalue weighted by Crippen LogP contribution is 2.37. The van der Waals surface area contributed by atoms with Gasteiger partial charge in [0.2, 0.25) is 0 Å². The molecule has 1 aromatic carbocycles. The third-order valence-corrected chi connectivity index (χ3v) is 6.37. The van der Waals surface area contributed by atoms with E-state index >= 15 is 0 Å². The van der Waals surface area contributed by atoms with Crippen molar-refractivity contribution in [1.82, 2.24) is 29.0 Å². The first-order valence-electron chi connectivity index (χ1n) is 9.45. The zero-order valence-corrected chi connectivity index (χ0v) is 16.2. The van der Waals surface area contributed by atoms with Gasteiger partial charge in [-0.1, -0.05) is 6.42 Å². The van der Waals surface area contributed by atoms with Gasteiger partial charge in [-0.3, -0.25) is 4.79 Å². The summed E-state index contributed by atoms with van der Waals surface area (Å²) in [5, 5.41) is 9.47. The highest BCUT2D eigenvalue weighted by atomic mass is 32.1. The molecule has 2 aliphatic rings. The topological polar surface area (TPSA) is 76.8 Å². The lowest BCUT2D eigenvalue weighted by Crippen LogP contribution is -2.41. The van der Waals surface area contributed by atoms with E-state index in [4.69, 9.17) is 0 Å². The first-order chi connectivity index (χ1) is 13.6. The normalized spacial score (nSPS) is 19.4. The Balaban J connectivity index is 1.40. The lowest BCUT2D eigenvalue weighted by molar-refractivity contribution is 0.0638. The molecule has 1 aliphatic heterocycles. The van der Waals surface area contributed by atoms with Gasteiger partial charge in [-0.25, -0.2) is 9.37 Å². The van der Waals surface area contributed by atoms with Crippen LogP contribution in [-0.2, 0) is 6.54 Å². The van der Waals surface area contributed by atoms with Gasteiger partial charge in [0.05, 0.1) is 6.04 Å². The largest absolute Gasteiger partial charge is 0.327 e. The van der Waals surface area contributed by atoms with Crippen LogP contribution in [0.2, 0.25) is 0 Å². The molecule has 0 saturated heterocycles. The summed E-state index contributed by atoms with van der Waals surface area (Å²) >= 11 is 1.36. The number of rotatable bonds is 3. The monoisotopic (exact) mass is 398 g/mol. The van der Waals surface area contributed by atoms with Gasteiger partial charge in [0, 0.05) is 24.6 Å². The third kappa shape index (κ3) is 2.81. The number of carbonyl (C=O) groups is 1.